The Morgan fingerprint density at radius 3 is 0.927 bits per heavy atom. The van der Waals surface area contributed by atoms with Crippen molar-refractivity contribution in [3.8, 4) is 0 Å². The first-order valence-electron chi connectivity index (χ1n) is 39.2. The van der Waals surface area contributed by atoms with E-state index in [1.165, 1.54) is 161 Å². The van der Waals surface area contributed by atoms with E-state index in [1.807, 2.05) is 0 Å². The number of hydrogen-bond acceptors (Lipinski definition) is 15. The molecule has 17 nitrogen and oxygen atoms in total. The zero-order chi connectivity index (χ0) is 70.9. The van der Waals surface area contributed by atoms with Crippen LogP contribution in [0, 0.1) is 17.8 Å². The van der Waals surface area contributed by atoms with Gasteiger partial charge in [0.2, 0.25) is 0 Å². The van der Waals surface area contributed by atoms with Crippen LogP contribution in [0.15, 0.2) is 24.3 Å². The van der Waals surface area contributed by atoms with Gasteiger partial charge in [0.05, 0.1) is 26.4 Å². The molecule has 0 aliphatic heterocycles. The number of unbranched alkanes of at least 4 members (excludes halogenated alkanes) is 37. The largest absolute Gasteiger partial charge is 0.472 e. The van der Waals surface area contributed by atoms with E-state index in [9.17, 15) is 43.2 Å². The third kappa shape index (κ3) is 68.7. The van der Waals surface area contributed by atoms with Crippen molar-refractivity contribution in [1.29, 1.82) is 0 Å². The van der Waals surface area contributed by atoms with Crippen LogP contribution in [0.3, 0.4) is 0 Å². The minimum Gasteiger partial charge on any atom is -0.462 e. The van der Waals surface area contributed by atoms with Crippen molar-refractivity contribution in [3.63, 3.8) is 0 Å². The van der Waals surface area contributed by atoms with Gasteiger partial charge in [-0.3, -0.25) is 37.3 Å². The highest BCUT2D eigenvalue weighted by atomic mass is 31.2. The summed E-state index contributed by atoms with van der Waals surface area (Å²) in [4.78, 5) is 72.8. The van der Waals surface area contributed by atoms with E-state index in [1.54, 1.807) is 0 Å². The summed E-state index contributed by atoms with van der Waals surface area (Å²) in [6.45, 7) is 11.8. The topological polar surface area (TPSA) is 237 Å². The van der Waals surface area contributed by atoms with Crippen molar-refractivity contribution in [1.82, 2.24) is 0 Å². The van der Waals surface area contributed by atoms with Gasteiger partial charge in [0.15, 0.2) is 12.2 Å². The van der Waals surface area contributed by atoms with Gasteiger partial charge in [-0.05, 0) is 69.1 Å². The Hall–Kier alpha value is -2.46. The molecule has 0 aromatic carbocycles. The third-order valence-corrected chi connectivity index (χ3v) is 19.5. The molecule has 0 radical (unpaired) electrons. The smallest absolute Gasteiger partial charge is 0.462 e. The molecule has 0 aliphatic rings. The number of allylic oxidation sites excluding steroid dienone is 4. The predicted octanol–water partition coefficient (Wildman–Crippen LogP) is 22.1. The molecule has 0 rings (SSSR count). The molecule has 6 atom stereocenters. The van der Waals surface area contributed by atoms with Gasteiger partial charge in [-0.1, -0.05) is 317 Å². The third-order valence-electron chi connectivity index (χ3n) is 17.6. The van der Waals surface area contributed by atoms with E-state index in [-0.39, 0.29) is 25.7 Å². The van der Waals surface area contributed by atoms with Crippen LogP contribution in [0.4, 0.5) is 0 Å². The van der Waals surface area contributed by atoms with Gasteiger partial charge in [0.25, 0.3) is 0 Å². The standard InChI is InChI=1S/C77H146O17P2/c1-8-10-11-12-13-14-15-16-17-22-25-31-38-46-53-60-76(81)94-73(65-88-75(80)59-52-45-40-33-35-42-49-56-69(5)6)67-92-96(85,86)90-63-71(78)62-89-95(83,84)91-66-72(93-77(82)61-54-47-39-32-27-26-28-34-41-48-55-68(3)4)64-87-74(79)58-51-44-37-30-24-21-19-18-20-23-29-36-43-50-57-70(7)9-2/h14-17,68-73,78H,8-13,18-67H2,1-7H3,(H,83,84)(H,85,86)/b15-14-,17-16-/t70?,71?,72-,73-/m1/s1. The Morgan fingerprint density at radius 1 is 0.344 bits per heavy atom. The normalized spacial score (nSPS) is 14.5. The van der Waals surface area contributed by atoms with Gasteiger partial charge in [0.1, 0.15) is 19.3 Å². The van der Waals surface area contributed by atoms with Crippen molar-refractivity contribution in [2.45, 2.75) is 388 Å². The molecule has 0 saturated heterocycles. The van der Waals surface area contributed by atoms with Gasteiger partial charge >= 0.3 is 39.5 Å². The van der Waals surface area contributed by atoms with Crippen LogP contribution in [0.25, 0.3) is 0 Å². The molecule has 566 valence electrons. The number of aliphatic hydroxyl groups excluding tert-OH is 1. The van der Waals surface area contributed by atoms with Crippen molar-refractivity contribution >= 4 is 39.5 Å². The highest BCUT2D eigenvalue weighted by Gasteiger charge is 2.30. The lowest BCUT2D eigenvalue weighted by molar-refractivity contribution is -0.161. The van der Waals surface area contributed by atoms with Crippen LogP contribution in [0.5, 0.6) is 0 Å². The van der Waals surface area contributed by atoms with E-state index >= 15 is 0 Å². The summed E-state index contributed by atoms with van der Waals surface area (Å²) in [6.07, 6.45) is 56.3. The van der Waals surface area contributed by atoms with Gasteiger partial charge in [-0.15, -0.1) is 0 Å². The highest BCUT2D eigenvalue weighted by Crippen LogP contribution is 2.45. The van der Waals surface area contributed by atoms with E-state index in [2.05, 4.69) is 72.8 Å². The summed E-state index contributed by atoms with van der Waals surface area (Å²) >= 11 is 0. The average Bonchev–Trinajstić information content (AvgIpc) is 1.47. The molecule has 96 heavy (non-hydrogen) atoms. The number of rotatable bonds is 73. The molecule has 0 spiro atoms. The van der Waals surface area contributed by atoms with E-state index < -0.39 is 97.5 Å². The molecule has 0 aliphatic carbocycles. The number of phosphoric acid groups is 2. The number of hydrogen-bond donors (Lipinski definition) is 3. The zero-order valence-corrected chi connectivity index (χ0v) is 64.1. The Balaban J connectivity index is 5.27. The van der Waals surface area contributed by atoms with Gasteiger partial charge in [-0.2, -0.15) is 0 Å². The van der Waals surface area contributed by atoms with Crippen molar-refractivity contribution in [3.05, 3.63) is 24.3 Å². The van der Waals surface area contributed by atoms with Crippen molar-refractivity contribution in [2.75, 3.05) is 39.6 Å². The molecule has 0 aromatic heterocycles. The number of carbonyl (C=O) groups is 4. The molecule has 0 aromatic rings. The maximum absolute atomic E-state index is 13.1. The summed E-state index contributed by atoms with van der Waals surface area (Å²) in [5.74, 6) is 0.152. The number of esters is 4. The van der Waals surface area contributed by atoms with Crippen LogP contribution in [-0.2, 0) is 65.4 Å². The number of ether oxygens (including phenoxy) is 4. The highest BCUT2D eigenvalue weighted by molar-refractivity contribution is 7.47. The van der Waals surface area contributed by atoms with Crippen LogP contribution in [0.2, 0.25) is 0 Å². The van der Waals surface area contributed by atoms with Gasteiger partial charge < -0.3 is 33.8 Å². The molecular formula is C77H146O17P2. The van der Waals surface area contributed by atoms with E-state index in [0.717, 1.165) is 121 Å². The second-order valence-electron chi connectivity index (χ2n) is 28.3. The van der Waals surface area contributed by atoms with Gasteiger partial charge in [-0.25, -0.2) is 9.13 Å². The summed E-state index contributed by atoms with van der Waals surface area (Å²) in [7, 11) is -9.93. The first-order chi connectivity index (χ1) is 46.3. The number of aliphatic hydroxyl groups is 1. The van der Waals surface area contributed by atoms with Crippen LogP contribution >= 0.6 is 15.6 Å². The van der Waals surface area contributed by atoms with Gasteiger partial charge in [0, 0.05) is 25.7 Å². The summed E-state index contributed by atoms with van der Waals surface area (Å²) < 4.78 is 68.5. The SMILES string of the molecule is CCCCCC/C=C\C=C/CCCCCCCC(=O)O[C@H](COC(=O)CCCCCCCCCC(C)C)COP(=O)(O)OCC(O)COP(=O)(O)OC[C@@H](COC(=O)CCCCCCCCCCCCCCCCC(C)CC)OC(=O)CCCCCCCCCCCCC(C)C. The monoisotopic (exact) mass is 1410 g/mol. The van der Waals surface area contributed by atoms with E-state index in [0.29, 0.717) is 31.6 Å². The quantitative estimate of drug-likeness (QED) is 0.0169. The molecule has 4 unspecified atom stereocenters. The minimum atomic E-state index is -4.96. The van der Waals surface area contributed by atoms with Crippen LogP contribution in [-0.4, -0.2) is 96.7 Å². The Morgan fingerprint density at radius 2 is 0.615 bits per heavy atom. The van der Waals surface area contributed by atoms with E-state index in [4.69, 9.17) is 37.0 Å². The molecule has 19 heteroatoms. The van der Waals surface area contributed by atoms with Crippen molar-refractivity contribution in [2.24, 2.45) is 17.8 Å². The first kappa shape index (κ1) is 93.5. The zero-order valence-electron chi connectivity index (χ0n) is 62.3. The Labute approximate surface area is 586 Å². The predicted molar refractivity (Wildman–Crippen MR) is 390 cm³/mol. The summed E-state index contributed by atoms with van der Waals surface area (Å²) in [5.41, 5.74) is 0. The summed E-state index contributed by atoms with van der Waals surface area (Å²) in [6, 6.07) is 0. The first-order valence-corrected chi connectivity index (χ1v) is 42.2. The summed E-state index contributed by atoms with van der Waals surface area (Å²) in [5, 5.41) is 10.6. The maximum atomic E-state index is 13.1. The maximum Gasteiger partial charge on any atom is 0.472 e. The molecule has 0 amide bonds. The molecular weight excluding hydrogens is 1260 g/mol. The second-order valence-corrected chi connectivity index (χ2v) is 31.2. The van der Waals surface area contributed by atoms with Crippen molar-refractivity contribution < 1.29 is 80.2 Å². The fraction of sp³-hybridized carbons (Fsp3) is 0.896. The molecule has 0 fully saturated rings. The Kier molecular flexibility index (Phi) is 65.3. The number of carbonyl (C=O) groups excluding carboxylic acids is 4. The second kappa shape index (κ2) is 67.1. The number of phosphoric ester groups is 2. The lowest BCUT2D eigenvalue weighted by atomic mass is 9.99. The minimum absolute atomic E-state index is 0.0840. The molecule has 0 bridgehead atoms. The Bertz CT molecular complexity index is 1970. The molecule has 3 N–H and O–H groups in total. The fourth-order valence-corrected chi connectivity index (χ4v) is 12.8. The van der Waals surface area contributed by atoms with Crippen LogP contribution < -0.4 is 0 Å². The fourth-order valence-electron chi connectivity index (χ4n) is 11.2. The lowest BCUT2D eigenvalue weighted by Crippen LogP contribution is -2.30. The lowest BCUT2D eigenvalue weighted by Gasteiger charge is -2.21. The average molecular weight is 1410 g/mol. The molecule has 0 heterocycles. The molecule has 0 saturated carbocycles. The van der Waals surface area contributed by atoms with Crippen LogP contribution in [0.1, 0.15) is 370 Å².